The molecule has 0 bridgehead atoms. The van der Waals surface area contributed by atoms with Crippen LogP contribution < -0.4 is 14.4 Å². The zero-order chi connectivity index (χ0) is 24.4. The Hall–Kier alpha value is -2.34. The Morgan fingerprint density at radius 1 is 1.12 bits per heavy atom. The number of methoxy groups -OCH3 is 1. The number of ether oxygens (including phenoxy) is 1. The maximum Gasteiger partial charge on any atom is 0.245 e. The number of carbonyl (C=O) groups is 1. The Kier molecular flexibility index (Phi) is 7.57. The number of amides is 1. The lowest BCUT2D eigenvalue weighted by Gasteiger charge is -2.24. The average Bonchev–Trinajstić information content (AvgIpc) is 3.27. The van der Waals surface area contributed by atoms with Crippen molar-refractivity contribution in [3.8, 4) is 5.75 Å². The summed E-state index contributed by atoms with van der Waals surface area (Å²) in [5, 5.41) is 3.03. The number of hydrogen-bond donors (Lipinski definition) is 1. The van der Waals surface area contributed by atoms with Gasteiger partial charge in [0.05, 0.1) is 29.6 Å². The normalized spacial score (nSPS) is 14.8. The van der Waals surface area contributed by atoms with Crippen molar-refractivity contribution in [2.24, 2.45) is 0 Å². The number of rotatable bonds is 8. The van der Waals surface area contributed by atoms with E-state index in [0.29, 0.717) is 29.4 Å². The third kappa shape index (κ3) is 5.78. The van der Waals surface area contributed by atoms with Crippen molar-refractivity contribution in [3.05, 3.63) is 47.0 Å². The van der Waals surface area contributed by atoms with Crippen molar-refractivity contribution in [3.63, 3.8) is 0 Å². The minimum Gasteiger partial charge on any atom is -0.495 e. The molecule has 0 radical (unpaired) electrons. The highest BCUT2D eigenvalue weighted by Crippen LogP contribution is 2.31. The van der Waals surface area contributed by atoms with Crippen LogP contribution in [0.5, 0.6) is 5.75 Å². The van der Waals surface area contributed by atoms with Gasteiger partial charge in [-0.25, -0.2) is 16.8 Å². The monoisotopic (exact) mass is 515 g/mol. The molecule has 0 aliphatic carbocycles. The van der Waals surface area contributed by atoms with E-state index in [2.05, 4.69) is 5.32 Å². The van der Waals surface area contributed by atoms with E-state index in [1.54, 1.807) is 13.0 Å². The molecular weight excluding hydrogens is 490 g/mol. The van der Waals surface area contributed by atoms with Crippen molar-refractivity contribution < 1.29 is 26.4 Å². The summed E-state index contributed by atoms with van der Waals surface area (Å²) in [6.07, 6.45) is 2.59. The summed E-state index contributed by atoms with van der Waals surface area (Å²) < 4.78 is 58.3. The molecule has 33 heavy (non-hydrogen) atoms. The molecule has 1 N–H and O–H groups in total. The quantitative estimate of drug-likeness (QED) is 0.578. The highest BCUT2D eigenvalue weighted by atomic mass is 35.5. The molecule has 1 aliphatic heterocycles. The van der Waals surface area contributed by atoms with Gasteiger partial charge in [-0.05, 0) is 61.7 Å². The highest BCUT2D eigenvalue weighted by Gasteiger charge is 2.28. The molecule has 3 rings (SSSR count). The molecule has 1 fully saturated rings. The summed E-state index contributed by atoms with van der Waals surface area (Å²) in [4.78, 5) is 12.9. The third-order valence-corrected chi connectivity index (χ3v) is 8.52. The number of nitrogens with one attached hydrogen (secondary N) is 1. The largest absolute Gasteiger partial charge is 0.495 e. The minimum atomic E-state index is -3.80. The lowest BCUT2D eigenvalue weighted by atomic mass is 10.2. The van der Waals surface area contributed by atoms with Gasteiger partial charge in [0.25, 0.3) is 0 Å². The predicted octanol–water partition coefficient (Wildman–Crippen LogP) is 2.85. The van der Waals surface area contributed by atoms with Gasteiger partial charge in [0.2, 0.25) is 26.0 Å². The van der Waals surface area contributed by atoms with Gasteiger partial charge in [-0.2, -0.15) is 4.31 Å². The fourth-order valence-electron chi connectivity index (χ4n) is 3.62. The molecule has 1 saturated heterocycles. The molecule has 0 saturated carbocycles. The standard InChI is InChI=1S/C21H26ClN3O6S2/c1-15-12-16(22)6-8-19(15)25(32(3,27)28)14-21(26)23-18-13-17(7-9-20(18)31-2)33(29,30)24-10-4-5-11-24/h6-9,12-13H,4-5,10-11,14H2,1-3H3,(H,23,26). The molecule has 180 valence electrons. The number of carbonyl (C=O) groups excluding carboxylic acids is 1. The first kappa shape index (κ1) is 25.3. The molecule has 2 aromatic carbocycles. The van der Waals surface area contributed by atoms with Crippen molar-refractivity contribution in [2.45, 2.75) is 24.7 Å². The predicted molar refractivity (Wildman–Crippen MR) is 128 cm³/mol. The summed E-state index contributed by atoms with van der Waals surface area (Å²) >= 11 is 5.97. The number of benzene rings is 2. The summed E-state index contributed by atoms with van der Waals surface area (Å²) in [6, 6.07) is 8.86. The van der Waals surface area contributed by atoms with E-state index in [0.717, 1.165) is 23.4 Å². The van der Waals surface area contributed by atoms with Crippen LogP contribution >= 0.6 is 11.6 Å². The molecule has 1 heterocycles. The Labute approximate surface area is 199 Å². The highest BCUT2D eigenvalue weighted by molar-refractivity contribution is 7.92. The summed E-state index contributed by atoms with van der Waals surface area (Å²) in [5.74, 6) is -0.416. The van der Waals surface area contributed by atoms with Gasteiger partial charge in [0.15, 0.2) is 0 Å². The maximum atomic E-state index is 12.9. The van der Waals surface area contributed by atoms with Crippen LogP contribution in [0.25, 0.3) is 0 Å². The van der Waals surface area contributed by atoms with Crippen LogP contribution in [0.4, 0.5) is 11.4 Å². The number of aryl methyl sites for hydroxylation is 1. The van der Waals surface area contributed by atoms with Crippen molar-refractivity contribution in [1.82, 2.24) is 4.31 Å². The van der Waals surface area contributed by atoms with Gasteiger partial charge in [0.1, 0.15) is 12.3 Å². The Balaban J connectivity index is 1.89. The molecule has 0 atom stereocenters. The summed E-state index contributed by atoms with van der Waals surface area (Å²) in [6.45, 7) is 2.06. The van der Waals surface area contributed by atoms with Crippen LogP contribution in [0.1, 0.15) is 18.4 Å². The zero-order valence-corrected chi connectivity index (χ0v) is 20.9. The first-order valence-electron chi connectivity index (χ1n) is 10.2. The lowest BCUT2D eigenvalue weighted by molar-refractivity contribution is -0.114. The second-order valence-corrected chi connectivity index (χ2v) is 12.0. The Bertz CT molecular complexity index is 1260. The van der Waals surface area contributed by atoms with Crippen LogP contribution in [-0.4, -0.2) is 60.0 Å². The molecule has 0 unspecified atom stereocenters. The third-order valence-electron chi connectivity index (χ3n) is 5.26. The number of sulfonamides is 2. The fourth-order valence-corrected chi connectivity index (χ4v) is 6.31. The van der Waals surface area contributed by atoms with Crippen molar-refractivity contribution >= 4 is 48.9 Å². The van der Waals surface area contributed by atoms with Gasteiger partial charge in [-0.1, -0.05) is 11.6 Å². The van der Waals surface area contributed by atoms with Gasteiger partial charge >= 0.3 is 0 Å². The topological polar surface area (TPSA) is 113 Å². The van der Waals surface area contributed by atoms with E-state index in [1.165, 1.54) is 41.7 Å². The molecule has 0 spiro atoms. The van der Waals surface area contributed by atoms with Crippen LogP contribution in [0, 0.1) is 6.92 Å². The van der Waals surface area contributed by atoms with E-state index in [9.17, 15) is 21.6 Å². The van der Waals surface area contributed by atoms with Crippen LogP contribution in [0.3, 0.4) is 0 Å². The van der Waals surface area contributed by atoms with E-state index >= 15 is 0 Å². The van der Waals surface area contributed by atoms with Crippen LogP contribution in [0.15, 0.2) is 41.3 Å². The van der Waals surface area contributed by atoms with Crippen LogP contribution in [-0.2, 0) is 24.8 Å². The first-order chi connectivity index (χ1) is 15.4. The van der Waals surface area contributed by atoms with E-state index < -0.39 is 32.5 Å². The molecule has 1 amide bonds. The van der Waals surface area contributed by atoms with E-state index in [1.807, 2.05) is 0 Å². The number of nitrogens with zero attached hydrogens (tertiary/aromatic N) is 2. The van der Waals surface area contributed by atoms with Gasteiger partial charge in [-0.3, -0.25) is 9.10 Å². The minimum absolute atomic E-state index is 0.0222. The SMILES string of the molecule is COc1ccc(S(=O)(=O)N2CCCC2)cc1NC(=O)CN(c1ccc(Cl)cc1C)S(C)(=O)=O. The second-order valence-electron chi connectivity index (χ2n) is 7.72. The summed E-state index contributed by atoms with van der Waals surface area (Å²) in [5.41, 5.74) is 1.02. The number of halogens is 1. The Morgan fingerprint density at radius 3 is 2.36 bits per heavy atom. The zero-order valence-electron chi connectivity index (χ0n) is 18.5. The molecule has 2 aromatic rings. The number of anilines is 2. The molecule has 12 heteroatoms. The van der Waals surface area contributed by atoms with Crippen molar-refractivity contribution in [1.29, 1.82) is 0 Å². The maximum absolute atomic E-state index is 12.9. The molecule has 0 aromatic heterocycles. The van der Waals surface area contributed by atoms with Gasteiger partial charge < -0.3 is 10.1 Å². The molecule has 9 nitrogen and oxygen atoms in total. The smallest absolute Gasteiger partial charge is 0.245 e. The van der Waals surface area contributed by atoms with E-state index in [-0.39, 0.29) is 16.3 Å². The summed E-state index contributed by atoms with van der Waals surface area (Å²) in [7, 11) is -6.13. The first-order valence-corrected chi connectivity index (χ1v) is 13.8. The fraction of sp³-hybridized carbons (Fsp3) is 0.381. The van der Waals surface area contributed by atoms with Crippen LogP contribution in [0.2, 0.25) is 5.02 Å². The average molecular weight is 516 g/mol. The molecular formula is C21H26ClN3O6S2. The lowest BCUT2D eigenvalue weighted by Crippen LogP contribution is -2.38. The second kappa shape index (κ2) is 9.88. The Morgan fingerprint density at radius 2 is 1.79 bits per heavy atom. The van der Waals surface area contributed by atoms with Crippen molar-refractivity contribution in [2.75, 3.05) is 42.6 Å². The van der Waals surface area contributed by atoms with Gasteiger partial charge in [-0.15, -0.1) is 0 Å². The van der Waals surface area contributed by atoms with Gasteiger partial charge in [0, 0.05) is 18.1 Å². The van der Waals surface area contributed by atoms with E-state index in [4.69, 9.17) is 16.3 Å². The number of hydrogen-bond acceptors (Lipinski definition) is 6. The molecule has 1 aliphatic rings.